The number of hydrogen-bond acceptors (Lipinski definition) is 4. The first-order chi connectivity index (χ1) is 10.2. The molecule has 3 rings (SSSR count). The van der Waals surface area contributed by atoms with Gasteiger partial charge in [0.05, 0.1) is 6.10 Å². The number of fused-ring (bicyclic) bond motifs is 1. The number of hydrogen-bond donors (Lipinski definition) is 1. The summed E-state index contributed by atoms with van der Waals surface area (Å²) in [6.07, 6.45) is 2.26. The first-order valence-corrected chi connectivity index (χ1v) is 7.21. The molecule has 0 aromatic heterocycles. The van der Waals surface area contributed by atoms with Gasteiger partial charge in [-0.1, -0.05) is 6.07 Å². The van der Waals surface area contributed by atoms with Crippen LogP contribution in [0.1, 0.15) is 18.4 Å². The average molecular weight is 292 g/mol. The van der Waals surface area contributed by atoms with Gasteiger partial charge in [-0.05, 0) is 30.5 Å². The van der Waals surface area contributed by atoms with Crippen molar-refractivity contribution >= 4 is 6.03 Å². The summed E-state index contributed by atoms with van der Waals surface area (Å²) < 4.78 is 16.1. The first kappa shape index (κ1) is 14.0. The molecule has 1 fully saturated rings. The molecular formula is C15H20N2O4. The topological polar surface area (TPSA) is 60.0 Å². The molecule has 1 aromatic carbocycles. The molecule has 2 amide bonds. The van der Waals surface area contributed by atoms with Gasteiger partial charge in [0.2, 0.25) is 6.79 Å². The van der Waals surface area contributed by atoms with E-state index in [2.05, 4.69) is 5.32 Å². The lowest BCUT2D eigenvalue weighted by atomic mass is 10.2. The minimum absolute atomic E-state index is 0.0943. The minimum atomic E-state index is -0.0943. The highest BCUT2D eigenvalue weighted by Gasteiger charge is 2.18. The number of benzene rings is 1. The molecule has 1 saturated heterocycles. The predicted octanol–water partition coefficient (Wildman–Crippen LogP) is 1.74. The summed E-state index contributed by atoms with van der Waals surface area (Å²) in [4.78, 5) is 13.7. The maximum atomic E-state index is 12.0. The van der Waals surface area contributed by atoms with Gasteiger partial charge in [-0.15, -0.1) is 0 Å². The van der Waals surface area contributed by atoms with E-state index in [9.17, 15) is 4.79 Å². The lowest BCUT2D eigenvalue weighted by molar-refractivity contribution is 0.109. The van der Waals surface area contributed by atoms with Crippen LogP contribution in [-0.2, 0) is 11.3 Å². The van der Waals surface area contributed by atoms with Crippen LogP contribution < -0.4 is 14.8 Å². The van der Waals surface area contributed by atoms with Crippen molar-refractivity contribution in [3.05, 3.63) is 23.8 Å². The van der Waals surface area contributed by atoms with Crippen molar-refractivity contribution in [3.63, 3.8) is 0 Å². The van der Waals surface area contributed by atoms with Crippen LogP contribution in [-0.4, -0.2) is 44.0 Å². The molecule has 1 aromatic rings. The Balaban J connectivity index is 1.50. The number of amides is 2. The number of carbonyl (C=O) groups is 1. The number of carbonyl (C=O) groups excluding carboxylic acids is 1. The fourth-order valence-corrected chi connectivity index (χ4v) is 2.53. The Morgan fingerprint density at radius 2 is 2.24 bits per heavy atom. The van der Waals surface area contributed by atoms with Gasteiger partial charge < -0.3 is 24.4 Å². The Morgan fingerprint density at radius 1 is 1.38 bits per heavy atom. The molecule has 1 N–H and O–H groups in total. The Labute approximate surface area is 124 Å². The van der Waals surface area contributed by atoms with Gasteiger partial charge in [0.25, 0.3) is 0 Å². The van der Waals surface area contributed by atoms with Gasteiger partial charge in [0.15, 0.2) is 11.5 Å². The van der Waals surface area contributed by atoms with Crippen LogP contribution in [0.5, 0.6) is 11.5 Å². The summed E-state index contributed by atoms with van der Waals surface area (Å²) in [6.45, 7) is 2.16. The monoisotopic (exact) mass is 292 g/mol. The minimum Gasteiger partial charge on any atom is -0.454 e. The van der Waals surface area contributed by atoms with Gasteiger partial charge in [-0.3, -0.25) is 0 Å². The number of ether oxygens (including phenoxy) is 3. The molecule has 0 bridgehead atoms. The molecule has 0 radical (unpaired) electrons. The molecule has 0 saturated carbocycles. The first-order valence-electron chi connectivity index (χ1n) is 7.21. The molecule has 2 aliphatic heterocycles. The number of urea groups is 1. The zero-order valence-corrected chi connectivity index (χ0v) is 12.1. The molecule has 1 atom stereocenters. The van der Waals surface area contributed by atoms with Crippen molar-refractivity contribution in [3.8, 4) is 11.5 Å². The normalized spacial score (nSPS) is 19.6. The summed E-state index contributed by atoms with van der Waals surface area (Å²) in [5.41, 5.74) is 1.01. The average Bonchev–Trinajstić information content (AvgIpc) is 3.15. The van der Waals surface area contributed by atoms with Crippen LogP contribution in [0.25, 0.3) is 0 Å². The van der Waals surface area contributed by atoms with Crippen molar-refractivity contribution in [1.29, 1.82) is 0 Å². The van der Waals surface area contributed by atoms with Crippen molar-refractivity contribution in [1.82, 2.24) is 10.2 Å². The highest BCUT2D eigenvalue weighted by Crippen LogP contribution is 2.32. The Kier molecular flexibility index (Phi) is 4.15. The summed E-state index contributed by atoms with van der Waals surface area (Å²) in [5, 5.41) is 2.90. The van der Waals surface area contributed by atoms with Crippen LogP contribution >= 0.6 is 0 Å². The van der Waals surface area contributed by atoms with Crippen molar-refractivity contribution < 1.29 is 19.0 Å². The molecule has 21 heavy (non-hydrogen) atoms. The van der Waals surface area contributed by atoms with Gasteiger partial charge in [-0.25, -0.2) is 4.79 Å². The maximum absolute atomic E-state index is 12.0. The third kappa shape index (κ3) is 3.39. The Morgan fingerprint density at radius 3 is 3.05 bits per heavy atom. The Hall–Kier alpha value is -1.95. The molecule has 0 aliphatic carbocycles. The van der Waals surface area contributed by atoms with Crippen LogP contribution in [0.15, 0.2) is 18.2 Å². The lowest BCUT2D eigenvalue weighted by Crippen LogP contribution is -2.40. The van der Waals surface area contributed by atoms with Crippen LogP contribution in [0, 0.1) is 0 Å². The highest BCUT2D eigenvalue weighted by atomic mass is 16.7. The standard InChI is InChI=1S/C15H20N2O4/c1-17(15(18)16-8-12-3-2-6-19-12)9-11-4-5-13-14(7-11)21-10-20-13/h4-5,7,12H,2-3,6,8-10H2,1H3,(H,16,18)/t12-/m1/s1. The molecule has 2 aliphatic rings. The van der Waals surface area contributed by atoms with E-state index in [-0.39, 0.29) is 18.9 Å². The van der Waals surface area contributed by atoms with E-state index in [1.54, 1.807) is 11.9 Å². The van der Waals surface area contributed by atoms with Gasteiger partial charge in [0, 0.05) is 26.7 Å². The number of nitrogens with one attached hydrogen (secondary N) is 1. The molecule has 0 unspecified atom stereocenters. The van der Waals surface area contributed by atoms with Crippen molar-refractivity contribution in [2.45, 2.75) is 25.5 Å². The second-order valence-corrected chi connectivity index (χ2v) is 5.36. The molecule has 0 spiro atoms. The third-order valence-corrected chi connectivity index (χ3v) is 3.71. The summed E-state index contributed by atoms with van der Waals surface area (Å²) >= 11 is 0. The Bertz CT molecular complexity index is 514. The smallest absolute Gasteiger partial charge is 0.317 e. The SMILES string of the molecule is CN(Cc1ccc2c(c1)OCO2)C(=O)NC[C@H]1CCCO1. The second kappa shape index (κ2) is 6.22. The molecule has 114 valence electrons. The maximum Gasteiger partial charge on any atom is 0.317 e. The fraction of sp³-hybridized carbons (Fsp3) is 0.533. The van der Waals surface area contributed by atoms with Crippen LogP contribution in [0.2, 0.25) is 0 Å². The number of nitrogens with zero attached hydrogens (tertiary/aromatic N) is 1. The van der Waals surface area contributed by atoms with E-state index >= 15 is 0 Å². The molecular weight excluding hydrogens is 272 g/mol. The quantitative estimate of drug-likeness (QED) is 0.918. The van der Waals surface area contributed by atoms with E-state index in [1.807, 2.05) is 18.2 Å². The van der Waals surface area contributed by atoms with Crippen molar-refractivity contribution in [2.24, 2.45) is 0 Å². The van der Waals surface area contributed by atoms with E-state index in [0.29, 0.717) is 13.1 Å². The second-order valence-electron chi connectivity index (χ2n) is 5.36. The van der Waals surface area contributed by atoms with E-state index in [1.165, 1.54) is 0 Å². The zero-order chi connectivity index (χ0) is 14.7. The molecule has 2 heterocycles. The summed E-state index contributed by atoms with van der Waals surface area (Å²) in [7, 11) is 1.77. The largest absolute Gasteiger partial charge is 0.454 e. The van der Waals surface area contributed by atoms with Crippen LogP contribution in [0.3, 0.4) is 0 Å². The number of rotatable bonds is 4. The van der Waals surface area contributed by atoms with E-state index in [0.717, 1.165) is 36.5 Å². The third-order valence-electron chi connectivity index (χ3n) is 3.71. The van der Waals surface area contributed by atoms with E-state index < -0.39 is 0 Å². The van der Waals surface area contributed by atoms with Gasteiger partial charge in [0.1, 0.15) is 0 Å². The van der Waals surface area contributed by atoms with Gasteiger partial charge in [-0.2, -0.15) is 0 Å². The van der Waals surface area contributed by atoms with Crippen LogP contribution in [0.4, 0.5) is 4.79 Å². The highest BCUT2D eigenvalue weighted by molar-refractivity contribution is 5.73. The molecule has 6 heteroatoms. The summed E-state index contributed by atoms with van der Waals surface area (Å²) in [5.74, 6) is 1.49. The van der Waals surface area contributed by atoms with E-state index in [4.69, 9.17) is 14.2 Å². The van der Waals surface area contributed by atoms with Gasteiger partial charge >= 0.3 is 6.03 Å². The fourth-order valence-electron chi connectivity index (χ4n) is 2.53. The lowest BCUT2D eigenvalue weighted by Gasteiger charge is -2.19. The summed E-state index contributed by atoms with van der Waals surface area (Å²) in [6, 6.07) is 5.63. The zero-order valence-electron chi connectivity index (χ0n) is 12.1. The molecule has 6 nitrogen and oxygen atoms in total. The predicted molar refractivity (Wildman–Crippen MR) is 76.4 cm³/mol. The van der Waals surface area contributed by atoms with Crippen molar-refractivity contribution in [2.75, 3.05) is 27.0 Å².